The quantitative estimate of drug-likeness (QED) is 0.434. The summed E-state index contributed by atoms with van der Waals surface area (Å²) in [5.74, 6) is -1.98. The van der Waals surface area contributed by atoms with Crippen LogP contribution in [0.3, 0.4) is 0 Å². The summed E-state index contributed by atoms with van der Waals surface area (Å²) in [6.45, 7) is 3.17. The van der Waals surface area contributed by atoms with Crippen LogP contribution in [0.1, 0.15) is 28.4 Å². The number of hydrogen-bond donors (Lipinski definition) is 1. The minimum atomic E-state index is -0.804. The monoisotopic (exact) mass is 339 g/mol. The van der Waals surface area contributed by atoms with Crippen molar-refractivity contribution in [3.8, 4) is 0 Å². The van der Waals surface area contributed by atoms with Crippen LogP contribution in [0.4, 0.5) is 0 Å². The molecule has 0 unspecified atom stereocenters. The minimum absolute atomic E-state index is 0.159. The molecule has 1 amide bonds. The van der Waals surface area contributed by atoms with E-state index in [1.807, 2.05) is 0 Å². The molecule has 0 spiro atoms. The summed E-state index contributed by atoms with van der Waals surface area (Å²) >= 11 is 1.21. The number of Topliss-reactive ketones (excluding diaryl/α,β-unsaturated/α-hetero) is 1. The van der Waals surface area contributed by atoms with Crippen molar-refractivity contribution in [3.63, 3.8) is 0 Å². The van der Waals surface area contributed by atoms with Crippen molar-refractivity contribution in [3.05, 3.63) is 34.0 Å². The number of carbonyl (C=O) groups excluding carboxylic acids is 4. The summed E-state index contributed by atoms with van der Waals surface area (Å²) in [5, 5.41) is 2.62. The molecule has 0 radical (unpaired) electrons. The van der Waals surface area contributed by atoms with Gasteiger partial charge in [-0.3, -0.25) is 9.59 Å². The van der Waals surface area contributed by atoms with E-state index >= 15 is 0 Å². The van der Waals surface area contributed by atoms with Gasteiger partial charge in [-0.05, 0) is 19.1 Å². The van der Waals surface area contributed by atoms with E-state index in [9.17, 15) is 19.2 Å². The van der Waals surface area contributed by atoms with Crippen molar-refractivity contribution in [1.82, 2.24) is 5.32 Å². The molecule has 0 bridgehead atoms. The van der Waals surface area contributed by atoms with Crippen LogP contribution in [0.15, 0.2) is 24.3 Å². The summed E-state index contributed by atoms with van der Waals surface area (Å²) in [7, 11) is 0. The number of amides is 1. The van der Waals surface area contributed by atoms with Crippen LogP contribution >= 0.6 is 11.3 Å². The summed E-state index contributed by atoms with van der Waals surface area (Å²) in [6, 6.07) is 3.32. The van der Waals surface area contributed by atoms with Gasteiger partial charge in [-0.1, -0.05) is 0 Å². The Morgan fingerprint density at radius 3 is 2.39 bits per heavy atom. The van der Waals surface area contributed by atoms with Gasteiger partial charge < -0.3 is 14.8 Å². The van der Waals surface area contributed by atoms with Crippen molar-refractivity contribution in [2.75, 3.05) is 13.2 Å². The van der Waals surface area contributed by atoms with Crippen molar-refractivity contribution in [2.24, 2.45) is 0 Å². The zero-order chi connectivity index (χ0) is 17.2. The Hall–Kier alpha value is -2.48. The number of ether oxygens (including phenoxy) is 2. The predicted octanol–water partition coefficient (Wildman–Crippen LogP) is 1.23. The molecular formula is C15H17NO6S. The van der Waals surface area contributed by atoms with Gasteiger partial charge in [0.15, 0.2) is 6.61 Å². The molecule has 23 heavy (non-hydrogen) atoms. The lowest BCUT2D eigenvalue weighted by molar-refractivity contribution is -0.139. The molecular weight excluding hydrogens is 322 g/mol. The molecule has 1 rings (SSSR count). The Kier molecular flexibility index (Phi) is 7.69. The lowest BCUT2D eigenvalue weighted by Crippen LogP contribution is -2.18. The first kappa shape index (κ1) is 18.6. The van der Waals surface area contributed by atoms with E-state index in [1.54, 1.807) is 19.1 Å². The smallest absolute Gasteiger partial charge is 0.331 e. The first-order valence-corrected chi connectivity index (χ1v) is 7.62. The number of nitrogens with one attached hydrogen (secondary N) is 1. The number of esters is 2. The van der Waals surface area contributed by atoms with E-state index in [4.69, 9.17) is 4.74 Å². The number of thiophene rings is 1. The van der Waals surface area contributed by atoms with Gasteiger partial charge in [0.2, 0.25) is 11.7 Å². The standard InChI is InChI=1S/C15H17NO6S/c1-3-21-14(19)6-7-15(20)22-9-12(18)13-5-4-11(23-13)8-16-10(2)17/h4-7H,3,8-9H2,1-2H3,(H,16,17)/b7-6+. The second-order valence-electron chi connectivity index (χ2n) is 4.29. The van der Waals surface area contributed by atoms with Crippen LogP contribution in [0.5, 0.6) is 0 Å². The van der Waals surface area contributed by atoms with E-state index < -0.39 is 18.5 Å². The maximum atomic E-state index is 11.9. The van der Waals surface area contributed by atoms with E-state index in [2.05, 4.69) is 10.1 Å². The fourth-order valence-electron chi connectivity index (χ4n) is 1.42. The average Bonchev–Trinajstić information content (AvgIpc) is 2.98. The zero-order valence-corrected chi connectivity index (χ0v) is 13.6. The lowest BCUT2D eigenvalue weighted by Gasteiger charge is -2.00. The van der Waals surface area contributed by atoms with Gasteiger partial charge in [-0.15, -0.1) is 11.3 Å². The maximum absolute atomic E-state index is 11.9. The highest BCUT2D eigenvalue weighted by Gasteiger charge is 2.12. The third kappa shape index (κ3) is 7.37. The van der Waals surface area contributed by atoms with Gasteiger partial charge in [0.05, 0.1) is 18.0 Å². The summed E-state index contributed by atoms with van der Waals surface area (Å²) < 4.78 is 9.35. The molecule has 1 N–H and O–H groups in total. The highest BCUT2D eigenvalue weighted by molar-refractivity contribution is 7.14. The van der Waals surface area contributed by atoms with Crippen LogP contribution in [-0.4, -0.2) is 36.8 Å². The van der Waals surface area contributed by atoms with Gasteiger partial charge >= 0.3 is 11.9 Å². The fraction of sp³-hybridized carbons (Fsp3) is 0.333. The fourth-order valence-corrected chi connectivity index (χ4v) is 2.29. The van der Waals surface area contributed by atoms with Crippen LogP contribution in [-0.2, 0) is 30.4 Å². The number of carbonyl (C=O) groups is 4. The third-order valence-corrected chi connectivity index (χ3v) is 3.56. The van der Waals surface area contributed by atoms with Gasteiger partial charge in [0.25, 0.3) is 0 Å². The van der Waals surface area contributed by atoms with E-state index in [0.29, 0.717) is 11.4 Å². The second-order valence-corrected chi connectivity index (χ2v) is 5.46. The Bertz CT molecular complexity index is 619. The Labute approximate surface area is 137 Å². The second kappa shape index (κ2) is 9.52. The third-order valence-electron chi connectivity index (χ3n) is 2.44. The predicted molar refractivity (Wildman–Crippen MR) is 82.9 cm³/mol. The van der Waals surface area contributed by atoms with Crippen LogP contribution in [0, 0.1) is 0 Å². The molecule has 1 aromatic rings. The SMILES string of the molecule is CCOC(=O)/C=C/C(=O)OCC(=O)c1ccc(CNC(C)=O)s1. The minimum Gasteiger partial charge on any atom is -0.463 e. The van der Waals surface area contributed by atoms with Crippen LogP contribution in [0.2, 0.25) is 0 Å². The lowest BCUT2D eigenvalue weighted by atomic mass is 10.3. The Morgan fingerprint density at radius 2 is 1.78 bits per heavy atom. The highest BCUT2D eigenvalue weighted by atomic mass is 32.1. The molecule has 0 atom stereocenters. The topological polar surface area (TPSA) is 98.8 Å². The molecule has 124 valence electrons. The van der Waals surface area contributed by atoms with E-state index in [-0.39, 0.29) is 18.3 Å². The first-order valence-electron chi connectivity index (χ1n) is 6.80. The van der Waals surface area contributed by atoms with E-state index in [0.717, 1.165) is 17.0 Å². The molecule has 7 nitrogen and oxygen atoms in total. The van der Waals surface area contributed by atoms with Crippen molar-refractivity contribution >= 4 is 35.0 Å². The zero-order valence-electron chi connectivity index (χ0n) is 12.8. The highest BCUT2D eigenvalue weighted by Crippen LogP contribution is 2.17. The van der Waals surface area contributed by atoms with Gasteiger partial charge in [-0.25, -0.2) is 9.59 Å². The van der Waals surface area contributed by atoms with Crippen molar-refractivity contribution in [2.45, 2.75) is 20.4 Å². The molecule has 0 aliphatic heterocycles. The molecule has 1 heterocycles. The van der Waals surface area contributed by atoms with Crippen molar-refractivity contribution in [1.29, 1.82) is 0 Å². The molecule has 1 aromatic heterocycles. The van der Waals surface area contributed by atoms with Crippen LogP contribution < -0.4 is 5.32 Å². The Morgan fingerprint density at radius 1 is 1.13 bits per heavy atom. The van der Waals surface area contributed by atoms with Crippen LogP contribution in [0.25, 0.3) is 0 Å². The molecule has 8 heteroatoms. The summed E-state index contributed by atoms with van der Waals surface area (Å²) in [4.78, 5) is 46.3. The van der Waals surface area contributed by atoms with Gasteiger partial charge in [-0.2, -0.15) is 0 Å². The van der Waals surface area contributed by atoms with E-state index in [1.165, 1.54) is 18.3 Å². The molecule has 0 saturated carbocycles. The summed E-state index contributed by atoms with van der Waals surface area (Å²) in [6.07, 6.45) is 1.84. The number of ketones is 1. The largest absolute Gasteiger partial charge is 0.463 e. The molecule has 0 aliphatic rings. The molecule has 0 saturated heterocycles. The molecule has 0 fully saturated rings. The number of hydrogen-bond acceptors (Lipinski definition) is 7. The molecule has 0 aromatic carbocycles. The normalized spacial score (nSPS) is 10.3. The Balaban J connectivity index is 2.43. The first-order chi connectivity index (χ1) is 10.9. The number of rotatable bonds is 8. The maximum Gasteiger partial charge on any atom is 0.331 e. The molecule has 0 aliphatic carbocycles. The summed E-state index contributed by atoms with van der Waals surface area (Å²) in [5.41, 5.74) is 0. The van der Waals surface area contributed by atoms with Gasteiger partial charge in [0.1, 0.15) is 0 Å². The van der Waals surface area contributed by atoms with Gasteiger partial charge in [0, 0.05) is 24.0 Å². The van der Waals surface area contributed by atoms with Crippen molar-refractivity contribution < 1.29 is 28.7 Å². The average molecular weight is 339 g/mol.